The van der Waals surface area contributed by atoms with Gasteiger partial charge in [-0.25, -0.2) is 0 Å². The number of furan rings is 1. The molecule has 0 aliphatic heterocycles. The van der Waals surface area contributed by atoms with Crippen LogP contribution in [0, 0.1) is 0 Å². The summed E-state index contributed by atoms with van der Waals surface area (Å²) in [6.45, 7) is 6.80. The van der Waals surface area contributed by atoms with Crippen LogP contribution in [0.25, 0.3) is 0 Å². The molecule has 0 saturated heterocycles. The third kappa shape index (κ3) is 3.22. The molecule has 112 valence electrons. The van der Waals surface area contributed by atoms with E-state index < -0.39 is 5.54 Å². The summed E-state index contributed by atoms with van der Waals surface area (Å²) in [4.78, 5) is 14.3. The zero-order valence-electron chi connectivity index (χ0n) is 12.3. The molecule has 1 amide bonds. The van der Waals surface area contributed by atoms with Crippen molar-refractivity contribution < 1.29 is 14.3 Å². The summed E-state index contributed by atoms with van der Waals surface area (Å²) < 4.78 is 5.60. The summed E-state index contributed by atoms with van der Waals surface area (Å²) >= 11 is 0. The van der Waals surface area contributed by atoms with Gasteiger partial charge in [-0.1, -0.05) is 13.8 Å². The molecular weight excluding hydrogens is 256 g/mol. The lowest BCUT2D eigenvalue weighted by Gasteiger charge is -2.40. The molecule has 0 aromatic carbocycles. The van der Waals surface area contributed by atoms with Gasteiger partial charge in [-0.05, 0) is 44.5 Å². The first-order valence-corrected chi connectivity index (χ1v) is 7.37. The molecule has 2 N–H and O–H groups in total. The molecule has 1 aliphatic carbocycles. The Bertz CT molecular complexity index is 442. The molecule has 1 aliphatic rings. The van der Waals surface area contributed by atoms with Crippen molar-refractivity contribution in [1.29, 1.82) is 0 Å². The lowest BCUT2D eigenvalue weighted by molar-refractivity contribution is 0.0617. The fraction of sp³-hybridized carbons (Fsp3) is 0.667. The molecule has 1 saturated carbocycles. The van der Waals surface area contributed by atoms with Gasteiger partial charge in [-0.3, -0.25) is 9.69 Å². The van der Waals surface area contributed by atoms with E-state index in [0.29, 0.717) is 12.3 Å². The van der Waals surface area contributed by atoms with Crippen LogP contribution in [0.2, 0.25) is 0 Å². The third-order valence-electron chi connectivity index (χ3n) is 4.15. The standard InChI is InChI=1S/C15H24N2O3/c1-3-17(4-2)10-12-6-7-13(20-12)14(19)16-15(11-18)8-5-9-15/h6-7,18H,3-5,8-11H2,1-2H3,(H,16,19). The van der Waals surface area contributed by atoms with E-state index in [-0.39, 0.29) is 12.5 Å². The van der Waals surface area contributed by atoms with Gasteiger partial charge in [0, 0.05) is 0 Å². The number of nitrogens with one attached hydrogen (secondary N) is 1. The number of aliphatic hydroxyl groups is 1. The van der Waals surface area contributed by atoms with Gasteiger partial charge < -0.3 is 14.8 Å². The van der Waals surface area contributed by atoms with Crippen molar-refractivity contribution in [2.24, 2.45) is 0 Å². The third-order valence-corrected chi connectivity index (χ3v) is 4.15. The van der Waals surface area contributed by atoms with Crippen LogP contribution >= 0.6 is 0 Å². The topological polar surface area (TPSA) is 65.7 Å². The summed E-state index contributed by atoms with van der Waals surface area (Å²) in [5.41, 5.74) is -0.428. The number of nitrogens with zero attached hydrogens (tertiary/aromatic N) is 1. The van der Waals surface area contributed by atoms with Crippen molar-refractivity contribution in [3.05, 3.63) is 23.7 Å². The average molecular weight is 280 g/mol. The predicted octanol–water partition coefficient (Wildman–Crippen LogP) is 1.77. The Balaban J connectivity index is 1.96. The molecule has 5 heteroatoms. The smallest absolute Gasteiger partial charge is 0.287 e. The Labute approximate surface area is 119 Å². The summed E-state index contributed by atoms with van der Waals surface area (Å²) in [6, 6.07) is 3.55. The summed E-state index contributed by atoms with van der Waals surface area (Å²) in [7, 11) is 0. The Kier molecular flexibility index (Phi) is 4.83. The maximum absolute atomic E-state index is 12.1. The number of hydrogen-bond donors (Lipinski definition) is 2. The van der Waals surface area contributed by atoms with Gasteiger partial charge in [-0.15, -0.1) is 0 Å². The van der Waals surface area contributed by atoms with Crippen LogP contribution in [0.5, 0.6) is 0 Å². The van der Waals surface area contributed by atoms with Gasteiger partial charge in [0.2, 0.25) is 0 Å². The number of aliphatic hydroxyl groups excluding tert-OH is 1. The maximum Gasteiger partial charge on any atom is 0.287 e. The monoisotopic (exact) mass is 280 g/mol. The highest BCUT2D eigenvalue weighted by Gasteiger charge is 2.38. The Morgan fingerprint density at radius 2 is 2.10 bits per heavy atom. The molecule has 20 heavy (non-hydrogen) atoms. The Morgan fingerprint density at radius 3 is 2.60 bits per heavy atom. The molecule has 2 rings (SSSR count). The number of carbonyl (C=O) groups excluding carboxylic acids is 1. The molecule has 5 nitrogen and oxygen atoms in total. The van der Waals surface area contributed by atoms with E-state index in [0.717, 1.165) is 38.1 Å². The molecule has 0 bridgehead atoms. The van der Waals surface area contributed by atoms with Crippen LogP contribution in [0.1, 0.15) is 49.4 Å². The molecule has 1 heterocycles. The predicted molar refractivity (Wildman–Crippen MR) is 76.5 cm³/mol. The Morgan fingerprint density at radius 1 is 1.40 bits per heavy atom. The zero-order valence-corrected chi connectivity index (χ0v) is 12.3. The fourth-order valence-electron chi connectivity index (χ4n) is 2.48. The van der Waals surface area contributed by atoms with Crippen molar-refractivity contribution in [2.45, 2.75) is 45.2 Å². The average Bonchev–Trinajstić information content (AvgIpc) is 2.88. The maximum atomic E-state index is 12.1. The van der Waals surface area contributed by atoms with Gasteiger partial charge in [0.15, 0.2) is 5.76 Å². The summed E-state index contributed by atoms with van der Waals surface area (Å²) in [5.74, 6) is 0.891. The molecule has 0 atom stereocenters. The van der Waals surface area contributed by atoms with Crippen molar-refractivity contribution >= 4 is 5.91 Å². The molecule has 1 aromatic heterocycles. The van der Waals surface area contributed by atoms with Gasteiger partial charge in [0.05, 0.1) is 18.7 Å². The van der Waals surface area contributed by atoms with Crippen molar-refractivity contribution in [3.8, 4) is 0 Å². The fourth-order valence-corrected chi connectivity index (χ4v) is 2.48. The van der Waals surface area contributed by atoms with Crippen LogP contribution in [0.4, 0.5) is 0 Å². The second-order valence-electron chi connectivity index (χ2n) is 5.47. The SMILES string of the molecule is CCN(CC)Cc1ccc(C(=O)NC2(CO)CCC2)o1. The quantitative estimate of drug-likeness (QED) is 0.799. The number of amides is 1. The minimum atomic E-state index is -0.428. The molecular formula is C15H24N2O3. The van der Waals surface area contributed by atoms with E-state index in [1.807, 2.05) is 6.07 Å². The molecule has 0 radical (unpaired) electrons. The highest BCUT2D eigenvalue weighted by Crippen LogP contribution is 2.31. The minimum Gasteiger partial charge on any atom is -0.455 e. The van der Waals surface area contributed by atoms with E-state index in [9.17, 15) is 9.90 Å². The molecule has 0 spiro atoms. The van der Waals surface area contributed by atoms with Crippen LogP contribution in [0.3, 0.4) is 0 Å². The van der Waals surface area contributed by atoms with Crippen LogP contribution < -0.4 is 5.32 Å². The van der Waals surface area contributed by atoms with Crippen molar-refractivity contribution in [3.63, 3.8) is 0 Å². The van der Waals surface area contributed by atoms with Gasteiger partial charge >= 0.3 is 0 Å². The van der Waals surface area contributed by atoms with Crippen LogP contribution in [0.15, 0.2) is 16.5 Å². The van der Waals surface area contributed by atoms with E-state index in [2.05, 4.69) is 24.1 Å². The van der Waals surface area contributed by atoms with Crippen molar-refractivity contribution in [1.82, 2.24) is 10.2 Å². The first-order valence-electron chi connectivity index (χ1n) is 7.37. The van der Waals surface area contributed by atoms with Gasteiger partial charge in [-0.2, -0.15) is 0 Å². The van der Waals surface area contributed by atoms with E-state index in [1.54, 1.807) is 6.07 Å². The summed E-state index contributed by atoms with van der Waals surface area (Å²) in [6.07, 6.45) is 2.72. The molecule has 1 aromatic rings. The van der Waals surface area contributed by atoms with Crippen LogP contribution in [-0.2, 0) is 6.54 Å². The highest BCUT2D eigenvalue weighted by atomic mass is 16.4. The van der Waals surface area contributed by atoms with E-state index in [4.69, 9.17) is 4.42 Å². The van der Waals surface area contributed by atoms with Crippen molar-refractivity contribution in [2.75, 3.05) is 19.7 Å². The lowest BCUT2D eigenvalue weighted by Crippen LogP contribution is -2.56. The number of hydrogen-bond acceptors (Lipinski definition) is 4. The number of rotatable bonds is 7. The Hall–Kier alpha value is -1.33. The first kappa shape index (κ1) is 15.1. The van der Waals surface area contributed by atoms with E-state index in [1.165, 1.54) is 0 Å². The first-order chi connectivity index (χ1) is 9.62. The second-order valence-corrected chi connectivity index (χ2v) is 5.47. The minimum absolute atomic E-state index is 0.00818. The zero-order chi connectivity index (χ0) is 14.6. The van der Waals surface area contributed by atoms with Gasteiger partial charge in [0.1, 0.15) is 5.76 Å². The summed E-state index contributed by atoms with van der Waals surface area (Å²) in [5, 5.41) is 12.3. The lowest BCUT2D eigenvalue weighted by atomic mass is 9.77. The van der Waals surface area contributed by atoms with Gasteiger partial charge in [0.25, 0.3) is 5.91 Å². The van der Waals surface area contributed by atoms with E-state index >= 15 is 0 Å². The second kappa shape index (κ2) is 6.41. The number of carbonyl (C=O) groups is 1. The highest BCUT2D eigenvalue weighted by molar-refractivity contribution is 5.92. The van der Waals surface area contributed by atoms with Crippen LogP contribution in [-0.4, -0.2) is 41.1 Å². The molecule has 0 unspecified atom stereocenters. The normalized spacial score (nSPS) is 17.0. The largest absolute Gasteiger partial charge is 0.455 e. The molecule has 1 fully saturated rings.